The Hall–Kier alpha value is -3.13. The molecule has 0 saturated carbocycles. The van der Waals surface area contributed by atoms with Gasteiger partial charge in [0.2, 0.25) is 11.8 Å². The van der Waals surface area contributed by atoms with Gasteiger partial charge < -0.3 is 9.32 Å². The lowest BCUT2D eigenvalue weighted by atomic mass is 10.2. The summed E-state index contributed by atoms with van der Waals surface area (Å²) in [6.07, 6.45) is 0.792. The van der Waals surface area contributed by atoms with Crippen molar-refractivity contribution in [1.82, 2.24) is 20.0 Å². The highest BCUT2D eigenvalue weighted by atomic mass is 19.1. The van der Waals surface area contributed by atoms with Crippen LogP contribution in [0.1, 0.15) is 22.7 Å². The molecule has 8 heteroatoms. The Morgan fingerprint density at radius 1 is 0.966 bits per heavy atom. The zero-order chi connectivity index (χ0) is 20.2. The molecule has 1 aliphatic rings. The molecule has 0 N–H and O–H groups in total. The molecule has 150 valence electrons. The van der Waals surface area contributed by atoms with E-state index in [1.54, 1.807) is 29.2 Å². The summed E-state index contributed by atoms with van der Waals surface area (Å²) in [4.78, 5) is 16.5. The molecule has 1 aliphatic heterocycles. The van der Waals surface area contributed by atoms with Crippen molar-refractivity contribution in [2.24, 2.45) is 0 Å². The van der Waals surface area contributed by atoms with Crippen molar-refractivity contribution in [3.05, 3.63) is 71.6 Å². The lowest BCUT2D eigenvalue weighted by molar-refractivity contribution is 0.0760. The van der Waals surface area contributed by atoms with Crippen LogP contribution in [0.25, 0.3) is 11.5 Å². The molecule has 0 spiro atoms. The van der Waals surface area contributed by atoms with E-state index in [1.165, 1.54) is 24.3 Å². The number of halogens is 2. The van der Waals surface area contributed by atoms with Crippen LogP contribution in [0.3, 0.4) is 0 Å². The molecule has 2 heterocycles. The Morgan fingerprint density at radius 3 is 2.59 bits per heavy atom. The van der Waals surface area contributed by atoms with Crippen molar-refractivity contribution in [2.75, 3.05) is 26.2 Å². The number of carbonyl (C=O) groups is 1. The summed E-state index contributed by atoms with van der Waals surface area (Å²) in [6, 6.07) is 11.6. The minimum absolute atomic E-state index is 0.164. The Kier molecular flexibility index (Phi) is 5.62. The number of hydrogen-bond acceptors (Lipinski definition) is 5. The lowest BCUT2D eigenvalue weighted by Crippen LogP contribution is -2.35. The van der Waals surface area contributed by atoms with Crippen LogP contribution < -0.4 is 0 Å². The van der Waals surface area contributed by atoms with Crippen LogP contribution in [-0.4, -0.2) is 52.1 Å². The van der Waals surface area contributed by atoms with E-state index >= 15 is 0 Å². The molecule has 3 aromatic rings. The third-order valence-electron chi connectivity index (χ3n) is 4.86. The first-order valence-electron chi connectivity index (χ1n) is 9.44. The summed E-state index contributed by atoms with van der Waals surface area (Å²) in [7, 11) is 0. The maximum atomic E-state index is 13.4. The summed E-state index contributed by atoms with van der Waals surface area (Å²) in [5, 5.41) is 8.11. The van der Waals surface area contributed by atoms with Gasteiger partial charge in [0.1, 0.15) is 11.6 Å². The Labute approximate surface area is 166 Å². The molecular weight excluding hydrogens is 378 g/mol. The van der Waals surface area contributed by atoms with Crippen molar-refractivity contribution >= 4 is 5.91 Å². The van der Waals surface area contributed by atoms with Crippen molar-refractivity contribution < 1.29 is 18.0 Å². The van der Waals surface area contributed by atoms with Gasteiger partial charge in [-0.25, -0.2) is 8.78 Å². The minimum atomic E-state index is -0.416. The summed E-state index contributed by atoms with van der Waals surface area (Å²) >= 11 is 0. The van der Waals surface area contributed by atoms with Crippen LogP contribution >= 0.6 is 0 Å². The normalized spacial score (nSPS) is 15.3. The van der Waals surface area contributed by atoms with E-state index in [1.807, 2.05) is 0 Å². The second kappa shape index (κ2) is 8.48. The first-order chi connectivity index (χ1) is 14.1. The van der Waals surface area contributed by atoms with Crippen molar-refractivity contribution in [2.45, 2.75) is 13.0 Å². The molecule has 1 amide bonds. The summed E-state index contributed by atoms with van der Waals surface area (Å²) in [5.74, 6) is -0.0919. The average Bonchev–Trinajstić information content (AvgIpc) is 3.06. The monoisotopic (exact) mass is 398 g/mol. The van der Waals surface area contributed by atoms with Gasteiger partial charge in [-0.2, -0.15) is 0 Å². The fraction of sp³-hybridized carbons (Fsp3) is 0.286. The molecule has 6 nitrogen and oxygen atoms in total. The number of aromatic nitrogens is 2. The third-order valence-corrected chi connectivity index (χ3v) is 4.86. The topological polar surface area (TPSA) is 62.5 Å². The van der Waals surface area contributed by atoms with Gasteiger partial charge in [-0.3, -0.25) is 9.69 Å². The predicted molar refractivity (Wildman–Crippen MR) is 102 cm³/mol. The quantitative estimate of drug-likeness (QED) is 0.674. The zero-order valence-electron chi connectivity index (χ0n) is 15.7. The molecule has 0 aliphatic carbocycles. The number of benzene rings is 2. The number of carbonyl (C=O) groups excluding carboxylic acids is 1. The fourth-order valence-corrected chi connectivity index (χ4v) is 3.35. The highest BCUT2D eigenvalue weighted by Crippen LogP contribution is 2.19. The maximum Gasteiger partial charge on any atom is 0.254 e. The second-order valence-corrected chi connectivity index (χ2v) is 6.94. The number of amides is 1. The molecule has 2 aromatic carbocycles. The van der Waals surface area contributed by atoms with Gasteiger partial charge in [0.25, 0.3) is 5.91 Å². The molecule has 29 heavy (non-hydrogen) atoms. The number of rotatable bonds is 4. The molecule has 0 unspecified atom stereocenters. The van der Waals surface area contributed by atoms with Crippen LogP contribution in [0.4, 0.5) is 8.78 Å². The van der Waals surface area contributed by atoms with E-state index in [9.17, 15) is 13.6 Å². The van der Waals surface area contributed by atoms with Crippen LogP contribution in [-0.2, 0) is 6.54 Å². The van der Waals surface area contributed by atoms with Crippen LogP contribution in [0, 0.1) is 11.6 Å². The smallest absolute Gasteiger partial charge is 0.254 e. The van der Waals surface area contributed by atoms with Gasteiger partial charge in [-0.1, -0.05) is 6.07 Å². The van der Waals surface area contributed by atoms with E-state index in [-0.39, 0.29) is 11.7 Å². The summed E-state index contributed by atoms with van der Waals surface area (Å²) in [6.45, 7) is 3.04. The SMILES string of the molecule is O=C(c1cccc(F)c1)N1CCCN(Cc2nnc(-c3ccc(F)cc3)o2)CC1. The third kappa shape index (κ3) is 4.65. The standard InChI is InChI=1S/C21H20F2N4O2/c22-17-7-5-15(6-8-17)20-25-24-19(29-20)14-26-9-2-10-27(12-11-26)21(28)16-3-1-4-18(23)13-16/h1,3-8,13H,2,9-12,14H2. The summed E-state index contributed by atoms with van der Waals surface area (Å²) < 4.78 is 32.2. The molecule has 1 saturated heterocycles. The number of hydrogen-bond donors (Lipinski definition) is 0. The van der Waals surface area contributed by atoms with Gasteiger partial charge in [0.05, 0.1) is 6.54 Å². The Balaban J connectivity index is 1.37. The lowest BCUT2D eigenvalue weighted by Gasteiger charge is -2.21. The van der Waals surface area contributed by atoms with Crippen LogP contribution in [0.15, 0.2) is 52.9 Å². The van der Waals surface area contributed by atoms with Gasteiger partial charge in [-0.05, 0) is 48.9 Å². The first kappa shape index (κ1) is 19.2. The zero-order valence-corrected chi connectivity index (χ0v) is 15.7. The highest BCUT2D eigenvalue weighted by molar-refractivity contribution is 5.94. The minimum Gasteiger partial charge on any atom is -0.419 e. The van der Waals surface area contributed by atoms with Gasteiger partial charge in [0.15, 0.2) is 0 Å². The highest BCUT2D eigenvalue weighted by Gasteiger charge is 2.22. The Bertz CT molecular complexity index is 990. The number of nitrogens with zero attached hydrogens (tertiary/aromatic N) is 4. The predicted octanol–water partition coefficient (Wildman–Crippen LogP) is 3.36. The average molecular weight is 398 g/mol. The van der Waals surface area contributed by atoms with Crippen LogP contribution in [0.5, 0.6) is 0 Å². The molecule has 1 aromatic heterocycles. The van der Waals surface area contributed by atoms with E-state index in [0.29, 0.717) is 49.1 Å². The van der Waals surface area contributed by atoms with E-state index in [4.69, 9.17) is 4.42 Å². The molecule has 1 fully saturated rings. The summed E-state index contributed by atoms with van der Waals surface area (Å²) in [5.41, 5.74) is 1.02. The van der Waals surface area contributed by atoms with Gasteiger partial charge in [0, 0.05) is 37.3 Å². The molecule has 4 rings (SSSR count). The molecule has 0 atom stereocenters. The fourth-order valence-electron chi connectivity index (χ4n) is 3.35. The van der Waals surface area contributed by atoms with Crippen LogP contribution in [0.2, 0.25) is 0 Å². The van der Waals surface area contributed by atoms with E-state index in [2.05, 4.69) is 15.1 Å². The van der Waals surface area contributed by atoms with Crippen molar-refractivity contribution in [3.8, 4) is 11.5 Å². The van der Waals surface area contributed by atoms with Crippen molar-refractivity contribution in [1.29, 1.82) is 0 Å². The largest absolute Gasteiger partial charge is 0.419 e. The molecular formula is C21H20F2N4O2. The van der Waals surface area contributed by atoms with Gasteiger partial charge in [-0.15, -0.1) is 10.2 Å². The van der Waals surface area contributed by atoms with Gasteiger partial charge >= 0.3 is 0 Å². The molecule has 0 radical (unpaired) electrons. The second-order valence-electron chi connectivity index (χ2n) is 6.94. The van der Waals surface area contributed by atoms with E-state index in [0.717, 1.165) is 13.0 Å². The van der Waals surface area contributed by atoms with Crippen molar-refractivity contribution in [3.63, 3.8) is 0 Å². The first-order valence-corrected chi connectivity index (χ1v) is 9.44. The van der Waals surface area contributed by atoms with E-state index < -0.39 is 5.82 Å². The molecule has 0 bridgehead atoms. The Morgan fingerprint density at radius 2 is 1.79 bits per heavy atom. The maximum absolute atomic E-state index is 13.4.